The van der Waals surface area contributed by atoms with Crippen molar-refractivity contribution in [2.45, 2.75) is 58.5 Å². The van der Waals surface area contributed by atoms with Crippen LogP contribution in [-0.4, -0.2) is 61.0 Å². The highest BCUT2D eigenvalue weighted by atomic mass is 16.5. The van der Waals surface area contributed by atoms with Crippen LogP contribution in [0.25, 0.3) is 0 Å². The molecule has 2 saturated heterocycles. The van der Waals surface area contributed by atoms with Crippen LogP contribution < -0.4 is 5.32 Å². The van der Waals surface area contributed by atoms with E-state index in [0.717, 1.165) is 64.5 Å². The van der Waals surface area contributed by atoms with Crippen molar-refractivity contribution in [2.75, 3.05) is 39.4 Å². The van der Waals surface area contributed by atoms with Gasteiger partial charge in [0.1, 0.15) is 0 Å². The predicted molar refractivity (Wildman–Crippen MR) is 90.2 cm³/mol. The SMILES string of the molecule is CCNC(=NCC(O)(CC)CC)N1CCC2(CCOCC2)C1. The minimum atomic E-state index is -0.670. The van der Waals surface area contributed by atoms with Crippen LogP contribution in [0, 0.1) is 5.41 Å². The second-order valence-electron chi connectivity index (χ2n) is 6.89. The van der Waals surface area contributed by atoms with Crippen molar-refractivity contribution < 1.29 is 9.84 Å². The summed E-state index contributed by atoms with van der Waals surface area (Å²) in [7, 11) is 0. The van der Waals surface area contributed by atoms with Crippen LogP contribution in [0.1, 0.15) is 52.9 Å². The number of nitrogens with one attached hydrogen (secondary N) is 1. The van der Waals surface area contributed by atoms with Gasteiger partial charge in [-0.05, 0) is 44.4 Å². The first-order chi connectivity index (χ1) is 10.6. The molecule has 22 heavy (non-hydrogen) atoms. The van der Waals surface area contributed by atoms with E-state index < -0.39 is 5.60 Å². The first-order valence-electron chi connectivity index (χ1n) is 8.90. The number of aliphatic hydroxyl groups is 1. The van der Waals surface area contributed by atoms with Gasteiger partial charge in [0.25, 0.3) is 0 Å². The number of rotatable bonds is 5. The van der Waals surface area contributed by atoms with Crippen LogP contribution in [0.5, 0.6) is 0 Å². The third kappa shape index (κ3) is 4.13. The molecule has 2 N–H and O–H groups in total. The van der Waals surface area contributed by atoms with Gasteiger partial charge in [-0.25, -0.2) is 0 Å². The van der Waals surface area contributed by atoms with Crippen LogP contribution in [0.15, 0.2) is 4.99 Å². The summed E-state index contributed by atoms with van der Waals surface area (Å²) in [5.41, 5.74) is -0.253. The number of likely N-dealkylation sites (tertiary alicyclic amines) is 1. The first kappa shape index (κ1) is 17.5. The highest BCUT2D eigenvalue weighted by molar-refractivity contribution is 5.80. The van der Waals surface area contributed by atoms with E-state index >= 15 is 0 Å². The zero-order valence-corrected chi connectivity index (χ0v) is 14.5. The molecule has 0 amide bonds. The van der Waals surface area contributed by atoms with Gasteiger partial charge in [-0.2, -0.15) is 0 Å². The molecule has 0 aromatic rings. The van der Waals surface area contributed by atoms with Gasteiger partial charge in [0.2, 0.25) is 0 Å². The maximum absolute atomic E-state index is 10.5. The maximum Gasteiger partial charge on any atom is 0.194 e. The Bertz CT molecular complexity index is 374. The fourth-order valence-corrected chi connectivity index (χ4v) is 3.45. The van der Waals surface area contributed by atoms with Crippen LogP contribution in [0.3, 0.4) is 0 Å². The second kappa shape index (κ2) is 7.64. The molecule has 1 spiro atoms. The summed E-state index contributed by atoms with van der Waals surface area (Å²) in [6, 6.07) is 0. The summed E-state index contributed by atoms with van der Waals surface area (Å²) in [6.07, 6.45) is 5.04. The molecule has 0 bridgehead atoms. The van der Waals surface area contributed by atoms with E-state index in [4.69, 9.17) is 9.73 Å². The fourth-order valence-electron chi connectivity index (χ4n) is 3.45. The molecule has 0 aromatic heterocycles. The van der Waals surface area contributed by atoms with E-state index in [9.17, 15) is 5.11 Å². The van der Waals surface area contributed by atoms with Gasteiger partial charge in [-0.15, -0.1) is 0 Å². The molecule has 5 heteroatoms. The number of ether oxygens (including phenoxy) is 1. The van der Waals surface area contributed by atoms with Crippen LogP contribution in [-0.2, 0) is 4.74 Å². The van der Waals surface area contributed by atoms with Crippen molar-refractivity contribution in [3.63, 3.8) is 0 Å². The molecular formula is C17H33N3O2. The zero-order chi connectivity index (χ0) is 16.1. The molecule has 0 saturated carbocycles. The van der Waals surface area contributed by atoms with E-state index in [1.165, 1.54) is 6.42 Å². The van der Waals surface area contributed by atoms with Crippen LogP contribution in [0.2, 0.25) is 0 Å². The van der Waals surface area contributed by atoms with Gasteiger partial charge in [-0.3, -0.25) is 4.99 Å². The second-order valence-corrected chi connectivity index (χ2v) is 6.89. The minimum absolute atomic E-state index is 0.417. The highest BCUT2D eigenvalue weighted by Gasteiger charge is 2.40. The Balaban J connectivity index is 2.02. The summed E-state index contributed by atoms with van der Waals surface area (Å²) < 4.78 is 5.52. The molecule has 0 aliphatic carbocycles. The quantitative estimate of drug-likeness (QED) is 0.602. The molecule has 128 valence electrons. The van der Waals surface area contributed by atoms with Gasteiger partial charge in [0, 0.05) is 32.8 Å². The monoisotopic (exact) mass is 311 g/mol. The molecule has 2 heterocycles. The molecule has 2 aliphatic heterocycles. The predicted octanol–water partition coefficient (Wildman–Crippen LogP) is 2.01. The lowest BCUT2D eigenvalue weighted by Crippen LogP contribution is -2.43. The molecule has 0 atom stereocenters. The van der Waals surface area contributed by atoms with Crippen LogP contribution in [0.4, 0.5) is 0 Å². The first-order valence-corrected chi connectivity index (χ1v) is 8.90. The average Bonchev–Trinajstić information content (AvgIpc) is 2.95. The van der Waals surface area contributed by atoms with Crippen molar-refractivity contribution in [3.8, 4) is 0 Å². The average molecular weight is 311 g/mol. The third-order valence-corrected chi connectivity index (χ3v) is 5.47. The van der Waals surface area contributed by atoms with Crippen molar-refractivity contribution in [3.05, 3.63) is 0 Å². The smallest absolute Gasteiger partial charge is 0.194 e. The summed E-state index contributed by atoms with van der Waals surface area (Å²) in [6.45, 7) is 11.4. The number of guanidine groups is 1. The standard InChI is InChI=1S/C17H33N3O2/c1-4-17(21,5-2)13-19-15(18-6-3)20-10-7-16(14-20)8-11-22-12-9-16/h21H,4-14H2,1-3H3,(H,18,19). The number of hydrogen-bond acceptors (Lipinski definition) is 3. The molecule has 0 aromatic carbocycles. The normalized spacial score (nSPS) is 22.4. The van der Waals surface area contributed by atoms with Gasteiger partial charge < -0.3 is 20.1 Å². The molecule has 5 nitrogen and oxygen atoms in total. The van der Waals surface area contributed by atoms with E-state index in [-0.39, 0.29) is 0 Å². The lowest BCUT2D eigenvalue weighted by atomic mass is 9.80. The molecule has 2 fully saturated rings. The number of hydrogen-bond donors (Lipinski definition) is 2. The lowest BCUT2D eigenvalue weighted by molar-refractivity contribution is 0.0217. The lowest BCUT2D eigenvalue weighted by Gasteiger charge is -2.33. The van der Waals surface area contributed by atoms with Crippen molar-refractivity contribution in [1.29, 1.82) is 0 Å². The molecule has 2 aliphatic rings. The van der Waals surface area contributed by atoms with Crippen molar-refractivity contribution in [1.82, 2.24) is 10.2 Å². The van der Waals surface area contributed by atoms with Gasteiger partial charge in [0.15, 0.2) is 5.96 Å². The summed E-state index contributed by atoms with van der Waals surface area (Å²) in [4.78, 5) is 7.11. The van der Waals surface area contributed by atoms with E-state index in [1.54, 1.807) is 0 Å². The Morgan fingerprint density at radius 2 is 1.91 bits per heavy atom. The maximum atomic E-state index is 10.5. The van der Waals surface area contributed by atoms with Crippen LogP contribution >= 0.6 is 0 Å². The summed E-state index contributed by atoms with van der Waals surface area (Å²) in [5, 5.41) is 13.9. The van der Waals surface area contributed by atoms with Crippen molar-refractivity contribution in [2.24, 2.45) is 10.4 Å². The van der Waals surface area contributed by atoms with E-state index in [1.807, 2.05) is 13.8 Å². The van der Waals surface area contributed by atoms with Crippen molar-refractivity contribution >= 4 is 5.96 Å². The van der Waals surface area contributed by atoms with Gasteiger partial charge in [-0.1, -0.05) is 13.8 Å². The Kier molecular flexibility index (Phi) is 6.09. The number of nitrogens with zero attached hydrogens (tertiary/aromatic N) is 2. The molecule has 0 unspecified atom stereocenters. The molecular weight excluding hydrogens is 278 g/mol. The highest BCUT2D eigenvalue weighted by Crippen LogP contribution is 2.39. The summed E-state index contributed by atoms with van der Waals surface area (Å²) >= 11 is 0. The molecule has 0 radical (unpaired) electrons. The topological polar surface area (TPSA) is 57.1 Å². The van der Waals surface area contributed by atoms with Gasteiger partial charge >= 0.3 is 0 Å². The van der Waals surface area contributed by atoms with E-state index in [2.05, 4.69) is 17.1 Å². The Hall–Kier alpha value is -0.810. The largest absolute Gasteiger partial charge is 0.388 e. The minimum Gasteiger partial charge on any atom is -0.388 e. The third-order valence-electron chi connectivity index (χ3n) is 5.47. The Labute approximate surface area is 135 Å². The Morgan fingerprint density at radius 3 is 2.50 bits per heavy atom. The zero-order valence-electron chi connectivity index (χ0n) is 14.5. The molecule has 2 rings (SSSR count). The number of aliphatic imine (C=N–C) groups is 1. The van der Waals surface area contributed by atoms with E-state index in [0.29, 0.717) is 12.0 Å². The summed E-state index contributed by atoms with van der Waals surface area (Å²) in [5.74, 6) is 0.964. The van der Waals surface area contributed by atoms with Gasteiger partial charge in [0.05, 0.1) is 12.1 Å². The fraction of sp³-hybridized carbons (Fsp3) is 0.941. The Morgan fingerprint density at radius 1 is 1.23 bits per heavy atom.